The zero-order chi connectivity index (χ0) is 46.3. The van der Waals surface area contributed by atoms with Crippen molar-refractivity contribution in [2.75, 3.05) is 0 Å². The van der Waals surface area contributed by atoms with E-state index in [-0.39, 0.29) is 0 Å². The van der Waals surface area contributed by atoms with E-state index in [2.05, 4.69) is 277 Å². The molecule has 0 spiro atoms. The lowest BCUT2D eigenvalue weighted by Crippen LogP contribution is -1.98. The van der Waals surface area contributed by atoms with Crippen LogP contribution in [-0.4, -0.2) is 9.13 Å². The lowest BCUT2D eigenvalue weighted by molar-refractivity contribution is 1.10. The predicted octanol–water partition coefficient (Wildman–Crippen LogP) is 18.2. The molecular formula is C67H48N2. The smallest absolute Gasteiger partial charge is 0.0543 e. The summed E-state index contributed by atoms with van der Waals surface area (Å²) in [5.41, 5.74) is 21.9. The third kappa shape index (κ3) is 7.49. The van der Waals surface area contributed by atoms with E-state index in [1.54, 1.807) is 0 Å². The van der Waals surface area contributed by atoms with Crippen molar-refractivity contribution < 1.29 is 0 Å². The molecule has 2 heterocycles. The number of fused-ring (bicyclic) bond motifs is 4. The summed E-state index contributed by atoms with van der Waals surface area (Å²) >= 11 is 0. The third-order valence-corrected chi connectivity index (χ3v) is 13.6. The Morgan fingerprint density at radius 1 is 0.362 bits per heavy atom. The molecule has 0 aliphatic carbocycles. The molecule has 0 saturated carbocycles. The largest absolute Gasteiger partial charge is 0.309 e. The maximum atomic E-state index is 4.82. The van der Waals surface area contributed by atoms with Gasteiger partial charge in [0.15, 0.2) is 0 Å². The van der Waals surface area contributed by atoms with E-state index < -0.39 is 0 Å². The first-order chi connectivity index (χ1) is 34.1. The average molecular weight is 881 g/mol. The van der Waals surface area contributed by atoms with Gasteiger partial charge in [-0.3, -0.25) is 0 Å². The van der Waals surface area contributed by atoms with Gasteiger partial charge in [-0.15, -0.1) is 0 Å². The van der Waals surface area contributed by atoms with E-state index in [9.17, 15) is 0 Å². The van der Waals surface area contributed by atoms with Crippen LogP contribution in [-0.2, 0) is 0 Å². The Kier molecular flexibility index (Phi) is 10.6. The van der Waals surface area contributed by atoms with Crippen LogP contribution < -0.4 is 0 Å². The minimum absolute atomic E-state index is 0.991. The van der Waals surface area contributed by atoms with Gasteiger partial charge in [0.25, 0.3) is 0 Å². The van der Waals surface area contributed by atoms with E-state index in [4.69, 9.17) is 6.58 Å². The molecule has 0 amide bonds. The third-order valence-electron chi connectivity index (χ3n) is 13.6. The Balaban J connectivity index is 0.946. The Hall–Kier alpha value is -8.98. The Morgan fingerprint density at radius 2 is 0.826 bits per heavy atom. The molecule has 0 fully saturated rings. The van der Waals surface area contributed by atoms with Crippen molar-refractivity contribution in [1.29, 1.82) is 0 Å². The summed E-state index contributed by atoms with van der Waals surface area (Å²) in [5, 5.41) is 3.62. The van der Waals surface area contributed by atoms with Gasteiger partial charge in [-0.25, -0.2) is 0 Å². The van der Waals surface area contributed by atoms with Gasteiger partial charge in [0.2, 0.25) is 0 Å². The normalized spacial score (nSPS) is 11.6. The van der Waals surface area contributed by atoms with Crippen molar-refractivity contribution >= 4 is 44.4 Å². The van der Waals surface area contributed by atoms with Gasteiger partial charge < -0.3 is 9.13 Å². The number of aromatic nitrogens is 2. The lowest BCUT2D eigenvalue weighted by Gasteiger charge is -2.16. The maximum Gasteiger partial charge on any atom is 0.0543 e. The minimum atomic E-state index is 0.991. The van der Waals surface area contributed by atoms with E-state index in [1.165, 1.54) is 66.3 Å². The molecule has 0 aliphatic heterocycles. The first kappa shape index (κ1) is 41.5. The Morgan fingerprint density at radius 3 is 1.46 bits per heavy atom. The summed E-state index contributed by atoms with van der Waals surface area (Å²) in [6.45, 7) is 6.91. The van der Waals surface area contributed by atoms with Gasteiger partial charge in [0.05, 0.1) is 27.9 Å². The SMILES string of the molecule is C=C(c1cccc(-c2ccccc2)c1)c1c(/C=C\C)n(-c2ccccc2)c2ccc(-c3ccc(-c4ccc5c(c4)c4ccccc4n5-c4ccc(-c5ccccc5)cc4-c4ccccc4)cc3)cc12. The van der Waals surface area contributed by atoms with Crippen LogP contribution in [0.15, 0.2) is 261 Å². The number of nitrogens with zero attached hydrogens (tertiary/aromatic N) is 2. The van der Waals surface area contributed by atoms with Crippen molar-refractivity contribution in [3.8, 4) is 67.0 Å². The van der Waals surface area contributed by atoms with E-state index in [0.717, 1.165) is 55.8 Å². The van der Waals surface area contributed by atoms with Crippen LogP contribution >= 0.6 is 0 Å². The van der Waals surface area contributed by atoms with Crippen LogP contribution in [0.5, 0.6) is 0 Å². The molecule has 69 heavy (non-hydrogen) atoms. The molecule has 2 nitrogen and oxygen atoms in total. The van der Waals surface area contributed by atoms with Crippen molar-refractivity contribution in [2.24, 2.45) is 0 Å². The standard InChI is InChI=1S/C67H48N2/c1-3-19-66-67(46(2)52-26-18-27-53(42-52)47-20-8-4-9-21-47)61-45-56(38-41-65(61)68(66)57-28-14-7-15-29-57)50-34-32-49(33-35-50)55-37-40-64-60(44-55)58-30-16-17-31-62(58)69(64)63-39-36-54(48-22-10-5-11-23-48)43-59(63)51-24-12-6-13-25-51/h3-45H,2H2,1H3/b19-3-. The molecule has 10 aromatic carbocycles. The van der Waals surface area contributed by atoms with Gasteiger partial charge in [-0.1, -0.05) is 201 Å². The fourth-order valence-electron chi connectivity index (χ4n) is 10.3. The summed E-state index contributed by atoms with van der Waals surface area (Å²) in [4.78, 5) is 0. The van der Waals surface area contributed by atoms with Crippen LogP contribution in [0.25, 0.3) is 111 Å². The average Bonchev–Trinajstić information content (AvgIpc) is 3.93. The second-order valence-electron chi connectivity index (χ2n) is 17.7. The van der Waals surface area contributed by atoms with Crippen LogP contribution in [0.1, 0.15) is 23.7 Å². The molecular weight excluding hydrogens is 833 g/mol. The van der Waals surface area contributed by atoms with Crippen LogP contribution in [0, 0.1) is 0 Å². The molecule has 2 heteroatoms. The van der Waals surface area contributed by atoms with Crippen molar-refractivity contribution in [3.63, 3.8) is 0 Å². The van der Waals surface area contributed by atoms with E-state index in [1.807, 2.05) is 0 Å². The Labute approximate surface area is 403 Å². The Bertz CT molecular complexity index is 3870. The highest BCUT2D eigenvalue weighted by Crippen LogP contribution is 2.42. The first-order valence-corrected chi connectivity index (χ1v) is 23.7. The van der Waals surface area contributed by atoms with Crippen molar-refractivity contribution in [2.45, 2.75) is 6.92 Å². The van der Waals surface area contributed by atoms with Crippen LogP contribution in [0.4, 0.5) is 0 Å². The molecule has 0 saturated heterocycles. The fourth-order valence-corrected chi connectivity index (χ4v) is 10.3. The van der Waals surface area contributed by atoms with E-state index >= 15 is 0 Å². The molecule has 2 aromatic heterocycles. The van der Waals surface area contributed by atoms with Gasteiger partial charge in [-0.2, -0.15) is 0 Å². The topological polar surface area (TPSA) is 9.86 Å². The highest BCUT2D eigenvalue weighted by Gasteiger charge is 2.22. The monoisotopic (exact) mass is 880 g/mol. The number of benzene rings is 10. The minimum Gasteiger partial charge on any atom is -0.309 e. The fraction of sp³-hybridized carbons (Fsp3) is 0.0149. The summed E-state index contributed by atoms with van der Waals surface area (Å²) in [7, 11) is 0. The summed E-state index contributed by atoms with van der Waals surface area (Å²) in [5.74, 6) is 0. The lowest BCUT2D eigenvalue weighted by atomic mass is 9.92. The molecule has 326 valence electrons. The quantitative estimate of drug-likeness (QED) is 0.130. The maximum absolute atomic E-state index is 4.82. The second-order valence-corrected chi connectivity index (χ2v) is 17.7. The van der Waals surface area contributed by atoms with Crippen LogP contribution in [0.3, 0.4) is 0 Å². The summed E-state index contributed by atoms with van der Waals surface area (Å²) in [6.07, 6.45) is 4.35. The van der Waals surface area contributed by atoms with Gasteiger partial charge >= 0.3 is 0 Å². The van der Waals surface area contributed by atoms with Crippen molar-refractivity contribution in [3.05, 3.63) is 278 Å². The molecule has 0 aliphatic rings. The number of rotatable bonds is 10. The van der Waals surface area contributed by atoms with E-state index in [0.29, 0.717) is 0 Å². The number of hydrogen-bond acceptors (Lipinski definition) is 0. The number of para-hydroxylation sites is 2. The number of allylic oxidation sites excluding steroid dienone is 1. The summed E-state index contributed by atoms with van der Waals surface area (Å²) in [6, 6.07) is 90.0. The molecule has 0 N–H and O–H groups in total. The molecule has 0 unspecified atom stereocenters. The molecule has 0 radical (unpaired) electrons. The van der Waals surface area contributed by atoms with Gasteiger partial charge in [-0.05, 0) is 135 Å². The highest BCUT2D eigenvalue weighted by atomic mass is 15.0. The van der Waals surface area contributed by atoms with Gasteiger partial charge in [0.1, 0.15) is 0 Å². The second kappa shape index (κ2) is 17.7. The van der Waals surface area contributed by atoms with Gasteiger partial charge in [0, 0.05) is 33.0 Å². The van der Waals surface area contributed by atoms with Crippen LogP contribution in [0.2, 0.25) is 0 Å². The number of hydrogen-bond donors (Lipinski definition) is 0. The zero-order valence-corrected chi connectivity index (χ0v) is 38.4. The molecule has 0 bridgehead atoms. The highest BCUT2D eigenvalue weighted by molar-refractivity contribution is 6.11. The molecule has 12 aromatic rings. The molecule has 12 rings (SSSR count). The summed E-state index contributed by atoms with van der Waals surface area (Å²) < 4.78 is 4.82. The predicted molar refractivity (Wildman–Crippen MR) is 294 cm³/mol. The first-order valence-electron chi connectivity index (χ1n) is 23.7. The van der Waals surface area contributed by atoms with Crippen molar-refractivity contribution in [1.82, 2.24) is 9.13 Å². The molecule has 0 atom stereocenters. The zero-order valence-electron chi connectivity index (χ0n) is 38.4.